The van der Waals surface area contributed by atoms with E-state index in [2.05, 4.69) is 40.3 Å². The maximum absolute atomic E-state index is 4.38. The zero-order valence-electron chi connectivity index (χ0n) is 11.3. The van der Waals surface area contributed by atoms with Crippen molar-refractivity contribution < 1.29 is 0 Å². The Morgan fingerprint density at radius 1 is 1.38 bits per heavy atom. The van der Waals surface area contributed by atoms with E-state index in [1.54, 1.807) is 5.57 Å². The molecule has 2 aliphatic rings. The molecule has 0 aromatic heterocycles. The molecule has 0 nitrogen and oxygen atoms in total. The van der Waals surface area contributed by atoms with Gasteiger partial charge in [-0.05, 0) is 55.8 Å². The summed E-state index contributed by atoms with van der Waals surface area (Å²) >= 11 is 0. The molecule has 1 fully saturated rings. The van der Waals surface area contributed by atoms with Crippen molar-refractivity contribution in [3.8, 4) is 0 Å². The molecule has 2 aliphatic carbocycles. The Kier molecular flexibility index (Phi) is 3.03. The van der Waals surface area contributed by atoms with Gasteiger partial charge in [0.15, 0.2) is 0 Å². The predicted molar refractivity (Wildman–Crippen MR) is 71.3 cm³/mol. The van der Waals surface area contributed by atoms with E-state index in [1.165, 1.54) is 31.3 Å². The molecule has 0 aromatic rings. The van der Waals surface area contributed by atoms with Crippen molar-refractivity contribution in [1.82, 2.24) is 0 Å². The van der Waals surface area contributed by atoms with Crippen LogP contribution < -0.4 is 0 Å². The van der Waals surface area contributed by atoms with E-state index in [4.69, 9.17) is 0 Å². The smallest absolute Gasteiger partial charge is 0.0164 e. The summed E-state index contributed by atoms with van der Waals surface area (Å²) in [6.07, 6.45) is 7.66. The number of hydrogen-bond acceptors (Lipinski definition) is 0. The molecule has 3 atom stereocenters. The molecule has 0 amide bonds. The van der Waals surface area contributed by atoms with E-state index in [-0.39, 0.29) is 0 Å². The van der Waals surface area contributed by atoms with Crippen LogP contribution in [-0.2, 0) is 0 Å². The third-order valence-electron chi connectivity index (χ3n) is 5.01. The van der Waals surface area contributed by atoms with Gasteiger partial charge < -0.3 is 0 Å². The Labute approximate surface area is 101 Å². The van der Waals surface area contributed by atoms with Crippen LogP contribution in [0.5, 0.6) is 0 Å². The van der Waals surface area contributed by atoms with E-state index in [0.717, 1.165) is 11.8 Å². The summed E-state index contributed by atoms with van der Waals surface area (Å²) in [5, 5.41) is 0. The number of allylic oxidation sites excluding steroid dienone is 3. The summed E-state index contributed by atoms with van der Waals surface area (Å²) in [5.74, 6) is 2.37. The number of rotatable bonds is 0. The van der Waals surface area contributed by atoms with Crippen LogP contribution in [-0.4, -0.2) is 0 Å². The van der Waals surface area contributed by atoms with Crippen molar-refractivity contribution in [2.24, 2.45) is 23.2 Å². The molecule has 1 unspecified atom stereocenters. The Hall–Kier alpha value is -0.520. The van der Waals surface area contributed by atoms with Gasteiger partial charge in [0, 0.05) is 0 Å². The number of fused-ring (bicyclic) bond motifs is 1. The summed E-state index contributed by atoms with van der Waals surface area (Å²) < 4.78 is 0. The summed E-state index contributed by atoms with van der Waals surface area (Å²) in [6.45, 7) is 13.9. The SMILES string of the molecule is C=C1C(C)C/C=C(\C)CC[C@H]2[C@H]1CC2(C)C. The van der Waals surface area contributed by atoms with E-state index in [9.17, 15) is 0 Å². The molecule has 1 saturated carbocycles. The van der Waals surface area contributed by atoms with E-state index < -0.39 is 0 Å². The quantitative estimate of drug-likeness (QED) is 0.503. The lowest BCUT2D eigenvalue weighted by atomic mass is 9.51. The van der Waals surface area contributed by atoms with E-state index in [0.29, 0.717) is 11.3 Å². The Morgan fingerprint density at radius 3 is 2.69 bits per heavy atom. The van der Waals surface area contributed by atoms with Crippen LogP contribution in [0.2, 0.25) is 0 Å². The average molecular weight is 218 g/mol. The minimum absolute atomic E-state index is 0.554. The van der Waals surface area contributed by atoms with Crippen LogP contribution in [0.15, 0.2) is 23.8 Å². The van der Waals surface area contributed by atoms with Crippen molar-refractivity contribution >= 4 is 0 Å². The highest BCUT2D eigenvalue weighted by Crippen LogP contribution is 2.57. The van der Waals surface area contributed by atoms with Gasteiger partial charge in [-0.1, -0.05) is 44.6 Å². The van der Waals surface area contributed by atoms with Gasteiger partial charge in [0.1, 0.15) is 0 Å². The molecule has 16 heavy (non-hydrogen) atoms. The monoisotopic (exact) mass is 218 g/mol. The molecule has 0 saturated heterocycles. The van der Waals surface area contributed by atoms with Gasteiger partial charge in [-0.3, -0.25) is 0 Å². The third-order valence-corrected chi connectivity index (χ3v) is 5.01. The first-order valence-corrected chi connectivity index (χ1v) is 6.76. The molecule has 0 heterocycles. The van der Waals surface area contributed by atoms with Crippen LogP contribution >= 0.6 is 0 Å². The second kappa shape index (κ2) is 4.05. The minimum atomic E-state index is 0.554. The van der Waals surface area contributed by atoms with Crippen LogP contribution in [0, 0.1) is 23.2 Å². The molecule has 0 N–H and O–H groups in total. The molecule has 0 aromatic carbocycles. The highest BCUT2D eigenvalue weighted by atomic mass is 14.5. The van der Waals surface area contributed by atoms with Gasteiger partial charge in [-0.25, -0.2) is 0 Å². The van der Waals surface area contributed by atoms with Crippen LogP contribution in [0.3, 0.4) is 0 Å². The lowest BCUT2D eigenvalue weighted by Crippen LogP contribution is -2.45. The second-order valence-electron chi connectivity index (χ2n) is 6.71. The summed E-state index contributed by atoms with van der Waals surface area (Å²) in [6, 6.07) is 0. The topological polar surface area (TPSA) is 0 Å². The van der Waals surface area contributed by atoms with E-state index >= 15 is 0 Å². The largest absolute Gasteiger partial charge is 0.0993 e. The highest BCUT2D eigenvalue weighted by Gasteiger charge is 2.48. The first kappa shape index (κ1) is 12.0. The fourth-order valence-corrected chi connectivity index (χ4v) is 3.61. The second-order valence-corrected chi connectivity index (χ2v) is 6.71. The maximum Gasteiger partial charge on any atom is -0.0164 e. The Morgan fingerprint density at radius 2 is 2.06 bits per heavy atom. The highest BCUT2D eigenvalue weighted by molar-refractivity contribution is 5.18. The maximum atomic E-state index is 4.38. The standard InChI is InChI=1S/C16H26/c1-11-6-8-12(2)13(3)14-10-16(4,5)15(14)9-7-11/h6,12,14-15H,3,7-10H2,1-2,4-5H3/b11-6+/t12?,14-,15-/m0/s1. The molecule has 0 heteroatoms. The van der Waals surface area contributed by atoms with Crippen molar-refractivity contribution in [2.45, 2.75) is 53.4 Å². The first-order chi connectivity index (χ1) is 7.42. The van der Waals surface area contributed by atoms with Crippen molar-refractivity contribution in [3.05, 3.63) is 23.8 Å². The molecule has 2 rings (SSSR count). The Bertz CT molecular complexity index is 319. The Balaban J connectivity index is 2.18. The molecule has 0 aliphatic heterocycles. The summed E-state index contributed by atoms with van der Waals surface area (Å²) in [7, 11) is 0. The zero-order chi connectivity index (χ0) is 11.9. The predicted octanol–water partition coefficient (Wildman–Crippen LogP) is 4.97. The number of hydrogen-bond donors (Lipinski definition) is 0. The van der Waals surface area contributed by atoms with Crippen LogP contribution in [0.25, 0.3) is 0 Å². The fraction of sp³-hybridized carbons (Fsp3) is 0.750. The van der Waals surface area contributed by atoms with Gasteiger partial charge in [0.25, 0.3) is 0 Å². The van der Waals surface area contributed by atoms with Crippen LogP contribution in [0.1, 0.15) is 53.4 Å². The molecule has 0 radical (unpaired) electrons. The third kappa shape index (κ3) is 1.99. The lowest BCUT2D eigenvalue weighted by Gasteiger charge is -2.53. The van der Waals surface area contributed by atoms with Gasteiger partial charge in [-0.15, -0.1) is 0 Å². The van der Waals surface area contributed by atoms with Gasteiger partial charge in [-0.2, -0.15) is 0 Å². The van der Waals surface area contributed by atoms with Crippen molar-refractivity contribution in [3.63, 3.8) is 0 Å². The van der Waals surface area contributed by atoms with E-state index in [1.807, 2.05) is 0 Å². The molecule has 0 bridgehead atoms. The van der Waals surface area contributed by atoms with Gasteiger partial charge in [0.05, 0.1) is 0 Å². The zero-order valence-corrected chi connectivity index (χ0v) is 11.3. The average Bonchev–Trinajstić information content (AvgIpc) is 2.24. The molecule has 90 valence electrons. The van der Waals surface area contributed by atoms with Crippen molar-refractivity contribution in [1.29, 1.82) is 0 Å². The van der Waals surface area contributed by atoms with Crippen LogP contribution in [0.4, 0.5) is 0 Å². The molecule has 0 spiro atoms. The lowest BCUT2D eigenvalue weighted by molar-refractivity contribution is 0.000913. The first-order valence-electron chi connectivity index (χ1n) is 6.76. The fourth-order valence-electron chi connectivity index (χ4n) is 3.61. The normalized spacial score (nSPS) is 41.9. The summed E-state index contributed by atoms with van der Waals surface area (Å²) in [4.78, 5) is 0. The molecular weight excluding hydrogens is 192 g/mol. The minimum Gasteiger partial charge on any atom is -0.0993 e. The van der Waals surface area contributed by atoms with Crippen molar-refractivity contribution in [2.75, 3.05) is 0 Å². The molecular formula is C16H26. The summed E-state index contributed by atoms with van der Waals surface area (Å²) in [5.41, 5.74) is 3.66. The van der Waals surface area contributed by atoms with Gasteiger partial charge in [0.2, 0.25) is 0 Å². The van der Waals surface area contributed by atoms with Gasteiger partial charge >= 0.3 is 0 Å².